The average Bonchev–Trinajstić information content (AvgIpc) is 2.69. The van der Waals surface area contributed by atoms with Gasteiger partial charge in [-0.05, 0) is 30.7 Å². The highest BCUT2D eigenvalue weighted by molar-refractivity contribution is 5.25. The molecule has 13 heavy (non-hydrogen) atoms. The Morgan fingerprint density at radius 1 is 1.46 bits per heavy atom. The van der Waals surface area contributed by atoms with Crippen molar-refractivity contribution in [1.82, 2.24) is 10.3 Å². The maximum atomic E-state index is 9.41. The molecule has 1 aliphatic heterocycles. The van der Waals surface area contributed by atoms with Gasteiger partial charge in [0.15, 0.2) is 0 Å². The molecule has 0 bridgehead atoms. The van der Waals surface area contributed by atoms with Gasteiger partial charge in [-0.3, -0.25) is 4.98 Å². The zero-order valence-corrected chi connectivity index (χ0v) is 7.53. The molecule has 3 nitrogen and oxygen atoms in total. The van der Waals surface area contributed by atoms with Gasteiger partial charge in [0, 0.05) is 24.4 Å². The van der Waals surface area contributed by atoms with Crippen LogP contribution in [0.15, 0.2) is 24.5 Å². The number of hydrogen-bond donors (Lipinski definition) is 2. The van der Waals surface area contributed by atoms with Crippen molar-refractivity contribution in [3.05, 3.63) is 30.1 Å². The fourth-order valence-electron chi connectivity index (χ4n) is 1.92. The van der Waals surface area contributed by atoms with Crippen molar-refractivity contribution in [2.24, 2.45) is 0 Å². The summed E-state index contributed by atoms with van der Waals surface area (Å²) >= 11 is 0. The first kappa shape index (κ1) is 8.66. The number of aromatic nitrogens is 1. The van der Waals surface area contributed by atoms with E-state index in [1.165, 1.54) is 5.56 Å². The van der Waals surface area contributed by atoms with Crippen LogP contribution in [0.4, 0.5) is 0 Å². The van der Waals surface area contributed by atoms with Crippen LogP contribution in [-0.4, -0.2) is 29.8 Å². The minimum absolute atomic E-state index is 0.0665. The second-order valence-corrected chi connectivity index (χ2v) is 3.60. The van der Waals surface area contributed by atoms with Crippen LogP contribution in [0, 0.1) is 0 Å². The fraction of sp³-hybridized carbons (Fsp3) is 0.500. The first-order chi connectivity index (χ1) is 6.37. The van der Waals surface area contributed by atoms with Crippen molar-refractivity contribution in [1.29, 1.82) is 0 Å². The van der Waals surface area contributed by atoms with Gasteiger partial charge in [0.2, 0.25) is 0 Å². The highest BCUT2D eigenvalue weighted by Crippen LogP contribution is 2.29. The summed E-state index contributed by atoms with van der Waals surface area (Å²) in [6.07, 6.45) is 4.57. The fourth-order valence-corrected chi connectivity index (χ4v) is 1.92. The third kappa shape index (κ3) is 1.45. The molecule has 1 saturated heterocycles. The molecule has 2 N–H and O–H groups in total. The Morgan fingerprint density at radius 2 is 2.23 bits per heavy atom. The topological polar surface area (TPSA) is 45.2 Å². The maximum absolute atomic E-state index is 9.41. The molecular formula is C10H14N2O. The molecule has 2 rings (SSSR count). The van der Waals surface area contributed by atoms with E-state index in [0.29, 0.717) is 0 Å². The zero-order valence-electron chi connectivity index (χ0n) is 7.53. The number of pyridine rings is 1. The second kappa shape index (κ2) is 3.44. The van der Waals surface area contributed by atoms with Gasteiger partial charge in [0.25, 0.3) is 0 Å². The molecule has 70 valence electrons. The molecule has 1 fully saturated rings. The van der Waals surface area contributed by atoms with Crippen molar-refractivity contribution in [3.63, 3.8) is 0 Å². The summed E-state index contributed by atoms with van der Waals surface area (Å²) in [5.74, 6) is 0. The van der Waals surface area contributed by atoms with Gasteiger partial charge in [0.1, 0.15) is 0 Å². The maximum Gasteiger partial charge on any atom is 0.0540 e. The molecule has 0 saturated carbocycles. The van der Waals surface area contributed by atoms with E-state index in [2.05, 4.69) is 10.3 Å². The van der Waals surface area contributed by atoms with E-state index in [-0.39, 0.29) is 12.0 Å². The minimum Gasteiger partial charge on any atom is -0.395 e. The number of aliphatic hydroxyl groups is 1. The summed E-state index contributed by atoms with van der Waals surface area (Å²) in [6, 6.07) is 3.98. The lowest BCUT2D eigenvalue weighted by Gasteiger charge is -2.25. The van der Waals surface area contributed by atoms with Gasteiger partial charge in [-0.25, -0.2) is 0 Å². The number of aliphatic hydroxyl groups excluding tert-OH is 1. The summed E-state index contributed by atoms with van der Waals surface area (Å²) in [7, 11) is 0. The van der Waals surface area contributed by atoms with E-state index in [0.717, 1.165) is 19.5 Å². The lowest BCUT2D eigenvalue weighted by Crippen LogP contribution is -2.32. The molecule has 0 amide bonds. The van der Waals surface area contributed by atoms with E-state index >= 15 is 0 Å². The Balaban J connectivity index is 2.31. The Morgan fingerprint density at radius 3 is 2.77 bits per heavy atom. The molecule has 2 heterocycles. The van der Waals surface area contributed by atoms with Crippen molar-refractivity contribution >= 4 is 0 Å². The molecular weight excluding hydrogens is 164 g/mol. The third-order valence-electron chi connectivity index (χ3n) is 2.84. The minimum atomic E-state index is -0.0665. The molecule has 0 aliphatic carbocycles. The summed E-state index contributed by atoms with van der Waals surface area (Å²) < 4.78 is 0. The van der Waals surface area contributed by atoms with Crippen LogP contribution in [0.1, 0.15) is 12.0 Å². The third-order valence-corrected chi connectivity index (χ3v) is 2.84. The van der Waals surface area contributed by atoms with E-state index in [1.807, 2.05) is 12.1 Å². The lowest BCUT2D eigenvalue weighted by atomic mass is 9.81. The molecule has 1 atom stereocenters. The largest absolute Gasteiger partial charge is 0.395 e. The highest BCUT2D eigenvalue weighted by atomic mass is 16.3. The number of hydrogen-bond acceptors (Lipinski definition) is 3. The predicted molar refractivity (Wildman–Crippen MR) is 50.5 cm³/mol. The molecule has 1 aromatic heterocycles. The summed E-state index contributed by atoms with van der Waals surface area (Å²) in [5.41, 5.74) is 1.12. The zero-order chi connectivity index (χ0) is 9.15. The summed E-state index contributed by atoms with van der Waals surface area (Å²) in [5, 5.41) is 12.7. The molecule has 1 unspecified atom stereocenters. The lowest BCUT2D eigenvalue weighted by molar-refractivity contribution is 0.205. The molecule has 1 aliphatic rings. The van der Waals surface area contributed by atoms with Gasteiger partial charge in [-0.1, -0.05) is 0 Å². The van der Waals surface area contributed by atoms with Crippen LogP contribution < -0.4 is 5.32 Å². The van der Waals surface area contributed by atoms with Gasteiger partial charge in [-0.15, -0.1) is 0 Å². The van der Waals surface area contributed by atoms with Crippen LogP contribution in [-0.2, 0) is 5.41 Å². The monoisotopic (exact) mass is 178 g/mol. The van der Waals surface area contributed by atoms with Gasteiger partial charge < -0.3 is 10.4 Å². The molecule has 3 heteroatoms. The van der Waals surface area contributed by atoms with Gasteiger partial charge in [-0.2, -0.15) is 0 Å². The quantitative estimate of drug-likeness (QED) is 0.685. The van der Waals surface area contributed by atoms with Gasteiger partial charge in [0.05, 0.1) is 6.61 Å². The van der Waals surface area contributed by atoms with E-state index in [9.17, 15) is 5.11 Å². The van der Waals surface area contributed by atoms with Crippen molar-refractivity contribution in [2.45, 2.75) is 11.8 Å². The first-order valence-corrected chi connectivity index (χ1v) is 4.59. The van der Waals surface area contributed by atoms with Crippen LogP contribution >= 0.6 is 0 Å². The summed E-state index contributed by atoms with van der Waals surface area (Å²) in [6.45, 7) is 2.07. The van der Waals surface area contributed by atoms with Crippen molar-refractivity contribution < 1.29 is 5.11 Å². The molecule has 0 aromatic carbocycles. The first-order valence-electron chi connectivity index (χ1n) is 4.59. The van der Waals surface area contributed by atoms with E-state index < -0.39 is 0 Å². The smallest absolute Gasteiger partial charge is 0.0540 e. The normalized spacial score (nSPS) is 27.8. The Hall–Kier alpha value is -0.930. The molecule has 0 spiro atoms. The number of nitrogens with zero attached hydrogens (tertiary/aromatic N) is 1. The Bertz CT molecular complexity index is 268. The van der Waals surface area contributed by atoms with E-state index in [1.54, 1.807) is 12.4 Å². The van der Waals surface area contributed by atoms with Crippen LogP contribution in [0.25, 0.3) is 0 Å². The molecule has 0 radical (unpaired) electrons. The molecule has 1 aromatic rings. The van der Waals surface area contributed by atoms with Crippen molar-refractivity contribution in [3.8, 4) is 0 Å². The number of rotatable bonds is 2. The number of nitrogens with one attached hydrogen (secondary N) is 1. The standard InChI is InChI=1S/C10H14N2O/c13-8-10(3-6-12-7-10)9-1-4-11-5-2-9/h1-2,4-5,12-13H,3,6-8H2. The highest BCUT2D eigenvalue weighted by Gasteiger charge is 2.34. The van der Waals surface area contributed by atoms with Crippen LogP contribution in [0.3, 0.4) is 0 Å². The Kier molecular flexibility index (Phi) is 2.29. The van der Waals surface area contributed by atoms with Crippen LogP contribution in [0.2, 0.25) is 0 Å². The summed E-state index contributed by atoms with van der Waals surface area (Å²) in [4.78, 5) is 3.98. The van der Waals surface area contributed by atoms with Crippen LogP contribution in [0.5, 0.6) is 0 Å². The Labute approximate surface area is 77.8 Å². The van der Waals surface area contributed by atoms with E-state index in [4.69, 9.17) is 0 Å². The average molecular weight is 178 g/mol. The predicted octanol–water partition coefficient (Wildman–Crippen LogP) is 0.305. The van der Waals surface area contributed by atoms with Gasteiger partial charge >= 0.3 is 0 Å². The van der Waals surface area contributed by atoms with Crippen molar-refractivity contribution in [2.75, 3.05) is 19.7 Å². The SMILES string of the molecule is OCC1(c2ccncc2)CCNC1. The second-order valence-electron chi connectivity index (χ2n) is 3.60.